The molecule has 0 aromatic heterocycles. The van der Waals surface area contributed by atoms with Crippen molar-refractivity contribution in [3.05, 3.63) is 0 Å². The number of nitrogens with two attached hydrogens (primary N) is 2. The van der Waals surface area contributed by atoms with Crippen LogP contribution in [0.5, 0.6) is 0 Å². The Hall–Kier alpha value is -1.30. The largest absolute Gasteiger partial charge is 0.462 e. The van der Waals surface area contributed by atoms with Crippen LogP contribution in [-0.4, -0.2) is 29.9 Å². The Morgan fingerprint density at radius 2 is 2.23 bits per heavy atom. The van der Waals surface area contributed by atoms with Crippen molar-refractivity contribution in [2.24, 2.45) is 16.5 Å². The summed E-state index contributed by atoms with van der Waals surface area (Å²) in [6, 6.07) is 0. The maximum absolute atomic E-state index is 10.9. The highest BCUT2D eigenvalue weighted by Gasteiger charge is 2.14. The summed E-state index contributed by atoms with van der Waals surface area (Å²) in [4.78, 5) is 14.1. The average molecular weight is 189 g/mol. The van der Waals surface area contributed by atoms with Gasteiger partial charge < -0.3 is 21.3 Å². The van der Waals surface area contributed by atoms with E-state index in [2.05, 4.69) is 9.73 Å². The fourth-order valence-electron chi connectivity index (χ4n) is 0.586. The van der Waals surface area contributed by atoms with Crippen molar-refractivity contribution in [1.82, 2.24) is 0 Å². The van der Waals surface area contributed by atoms with E-state index in [9.17, 15) is 4.79 Å². The van der Waals surface area contributed by atoms with Crippen LogP contribution >= 0.6 is 0 Å². The van der Waals surface area contributed by atoms with E-state index in [1.807, 2.05) is 6.92 Å². The lowest BCUT2D eigenvalue weighted by atomic mass is 10.4. The lowest BCUT2D eigenvalue weighted by Crippen LogP contribution is -2.29. The molecule has 1 atom stereocenters. The molecule has 6 heteroatoms. The van der Waals surface area contributed by atoms with Gasteiger partial charge >= 0.3 is 5.97 Å². The molecule has 0 radical (unpaired) electrons. The van der Waals surface area contributed by atoms with Gasteiger partial charge in [0.1, 0.15) is 0 Å². The summed E-state index contributed by atoms with van der Waals surface area (Å²) in [6.07, 6.45) is 0.0493. The molecule has 0 amide bonds. The maximum atomic E-state index is 10.9. The van der Waals surface area contributed by atoms with Gasteiger partial charge in [0.2, 0.25) is 6.23 Å². The van der Waals surface area contributed by atoms with Crippen LogP contribution in [0.3, 0.4) is 0 Å². The van der Waals surface area contributed by atoms with Gasteiger partial charge in [-0.05, 0) is 6.42 Å². The zero-order valence-corrected chi connectivity index (χ0v) is 7.56. The van der Waals surface area contributed by atoms with E-state index < -0.39 is 12.2 Å². The number of rotatable bonds is 5. The second-order valence-electron chi connectivity index (χ2n) is 2.45. The van der Waals surface area contributed by atoms with Gasteiger partial charge in [-0.1, -0.05) is 13.3 Å². The number of aliphatic imine (C=N–C) groups is 1. The molecule has 0 spiro atoms. The second kappa shape index (κ2) is 6.24. The van der Waals surface area contributed by atoms with E-state index in [0.717, 1.165) is 12.8 Å². The third kappa shape index (κ3) is 5.92. The summed E-state index contributed by atoms with van der Waals surface area (Å²) in [5.41, 5.74) is 9.89. The van der Waals surface area contributed by atoms with Crippen molar-refractivity contribution in [3.63, 3.8) is 0 Å². The molecule has 76 valence electrons. The summed E-state index contributed by atoms with van der Waals surface area (Å²) in [6.45, 7) is 2.23. The number of nitrogens with zero attached hydrogens (tertiary/aromatic N) is 1. The lowest BCUT2D eigenvalue weighted by Gasteiger charge is -2.06. The van der Waals surface area contributed by atoms with E-state index in [-0.39, 0.29) is 12.6 Å². The summed E-state index contributed by atoms with van der Waals surface area (Å²) in [7, 11) is 0. The van der Waals surface area contributed by atoms with Gasteiger partial charge in [-0.25, -0.2) is 9.79 Å². The average Bonchev–Trinajstić information content (AvgIpc) is 2.03. The molecule has 0 saturated carbocycles. The quantitative estimate of drug-likeness (QED) is 0.220. The van der Waals surface area contributed by atoms with Crippen LogP contribution in [0.2, 0.25) is 0 Å². The molecular formula is C7H15N3O3. The predicted octanol–water partition coefficient (Wildman–Crippen LogP) is -1.08. The molecule has 1 unspecified atom stereocenters. The normalized spacial score (nSPS) is 11.8. The smallest absolute Gasteiger partial charge is 0.358 e. The molecule has 0 rings (SSSR count). The fraction of sp³-hybridized carbons (Fsp3) is 0.714. The van der Waals surface area contributed by atoms with Gasteiger partial charge in [-0.3, -0.25) is 0 Å². The summed E-state index contributed by atoms with van der Waals surface area (Å²) in [5, 5.41) is 8.97. The Bertz CT molecular complexity index is 189. The maximum Gasteiger partial charge on any atom is 0.358 e. The number of hydrogen-bond acceptors (Lipinski definition) is 4. The minimum atomic E-state index is -1.61. The highest BCUT2D eigenvalue weighted by atomic mass is 16.5. The molecule has 0 heterocycles. The van der Waals surface area contributed by atoms with Crippen molar-refractivity contribution < 1.29 is 14.6 Å². The van der Waals surface area contributed by atoms with E-state index in [0.29, 0.717) is 0 Å². The summed E-state index contributed by atoms with van der Waals surface area (Å²) in [5.74, 6) is -1.18. The Balaban J connectivity index is 3.76. The second-order valence-corrected chi connectivity index (χ2v) is 2.45. The third-order valence-electron chi connectivity index (χ3n) is 1.22. The molecule has 0 bridgehead atoms. The first-order chi connectivity index (χ1) is 6.07. The zero-order valence-electron chi connectivity index (χ0n) is 7.56. The molecule has 0 aromatic rings. The minimum Gasteiger partial charge on any atom is -0.462 e. The Morgan fingerprint density at radius 1 is 1.62 bits per heavy atom. The summed E-state index contributed by atoms with van der Waals surface area (Å²) >= 11 is 0. The van der Waals surface area contributed by atoms with Crippen molar-refractivity contribution in [2.75, 3.05) is 6.61 Å². The highest BCUT2D eigenvalue weighted by Crippen LogP contribution is 1.93. The number of carbonyl (C=O) groups excluding carboxylic acids is 1. The third-order valence-corrected chi connectivity index (χ3v) is 1.22. The van der Waals surface area contributed by atoms with Crippen LogP contribution < -0.4 is 11.5 Å². The molecule has 5 N–H and O–H groups in total. The lowest BCUT2D eigenvalue weighted by molar-refractivity contribution is -0.153. The van der Waals surface area contributed by atoms with Crippen LogP contribution in [0.4, 0.5) is 0 Å². The van der Waals surface area contributed by atoms with Crippen molar-refractivity contribution in [3.8, 4) is 0 Å². The SMILES string of the molecule is CCCCOC(=O)C(O)N=C(N)N. The first-order valence-electron chi connectivity index (χ1n) is 4.01. The monoisotopic (exact) mass is 189 g/mol. The number of unbranched alkanes of at least 4 members (excludes halogenated alkanes) is 1. The standard InChI is InChI=1S/C7H15N3O3/c1-2-3-4-13-6(12)5(11)10-7(8)9/h5,11H,2-4H2,1H3,(H4,8,9,10). The van der Waals surface area contributed by atoms with Gasteiger partial charge in [0.05, 0.1) is 6.61 Å². The van der Waals surface area contributed by atoms with Gasteiger partial charge in [0.25, 0.3) is 0 Å². The molecule has 0 aromatic carbocycles. The molecule has 0 aliphatic rings. The Labute approximate surface area is 76.6 Å². The van der Waals surface area contributed by atoms with E-state index in [4.69, 9.17) is 16.6 Å². The van der Waals surface area contributed by atoms with Crippen LogP contribution in [0, 0.1) is 0 Å². The predicted molar refractivity (Wildman–Crippen MR) is 47.7 cm³/mol. The van der Waals surface area contributed by atoms with Gasteiger partial charge in [-0.15, -0.1) is 0 Å². The minimum absolute atomic E-state index is 0.270. The first kappa shape index (κ1) is 11.7. The topological polar surface area (TPSA) is 111 Å². The zero-order chi connectivity index (χ0) is 10.3. The van der Waals surface area contributed by atoms with E-state index in [1.165, 1.54) is 0 Å². The number of aliphatic hydroxyl groups is 1. The number of guanidine groups is 1. The van der Waals surface area contributed by atoms with Crippen LogP contribution in [0.1, 0.15) is 19.8 Å². The summed E-state index contributed by atoms with van der Waals surface area (Å²) < 4.78 is 4.64. The Morgan fingerprint density at radius 3 is 2.69 bits per heavy atom. The van der Waals surface area contributed by atoms with Crippen LogP contribution in [0.25, 0.3) is 0 Å². The van der Waals surface area contributed by atoms with Crippen molar-refractivity contribution in [2.45, 2.75) is 26.0 Å². The molecule has 0 aliphatic heterocycles. The van der Waals surface area contributed by atoms with Crippen molar-refractivity contribution >= 4 is 11.9 Å². The number of carbonyl (C=O) groups is 1. The van der Waals surface area contributed by atoms with Crippen molar-refractivity contribution in [1.29, 1.82) is 0 Å². The van der Waals surface area contributed by atoms with Crippen LogP contribution in [-0.2, 0) is 9.53 Å². The Kier molecular flexibility index (Phi) is 5.62. The molecular weight excluding hydrogens is 174 g/mol. The molecule has 0 saturated heterocycles. The van der Waals surface area contributed by atoms with Gasteiger partial charge in [0, 0.05) is 0 Å². The molecule has 0 fully saturated rings. The number of esters is 1. The number of hydrogen-bond donors (Lipinski definition) is 3. The molecule has 6 nitrogen and oxygen atoms in total. The van der Waals surface area contributed by atoms with Crippen LogP contribution in [0.15, 0.2) is 4.99 Å². The first-order valence-corrected chi connectivity index (χ1v) is 4.01. The van der Waals surface area contributed by atoms with E-state index >= 15 is 0 Å². The fourth-order valence-corrected chi connectivity index (χ4v) is 0.586. The number of aliphatic hydroxyl groups excluding tert-OH is 1. The van der Waals surface area contributed by atoms with Gasteiger partial charge in [0.15, 0.2) is 5.96 Å². The van der Waals surface area contributed by atoms with E-state index in [1.54, 1.807) is 0 Å². The van der Waals surface area contributed by atoms with Gasteiger partial charge in [-0.2, -0.15) is 0 Å². The highest BCUT2D eigenvalue weighted by molar-refractivity contribution is 5.81. The molecule has 13 heavy (non-hydrogen) atoms. The molecule has 0 aliphatic carbocycles. The number of ether oxygens (including phenoxy) is 1.